The van der Waals surface area contributed by atoms with Gasteiger partial charge in [-0.25, -0.2) is 27.2 Å². The SMILES string of the molecule is C=C(C)C(=O)OCC(F)(F)C(F)(F)C(F)(F)C(F)F.C=C(C)C(=O)OCC1CO1.C=CC(=O)N(C)C.CCC(CC(C)(CC(C)(C)C(=O)OCC1CO1)C(=O)OCC(F)(F)C(F)(F)C(F)(F)C(F)F)C(=O)N(C)C. The molecule has 0 aromatic heterocycles. The van der Waals surface area contributed by atoms with Gasteiger partial charge in [0.15, 0.2) is 13.2 Å². The molecule has 0 N–H and O–H groups in total. The molecule has 2 amide bonds. The third kappa shape index (κ3) is 20.9. The lowest BCUT2D eigenvalue weighted by Gasteiger charge is -2.37. The highest BCUT2D eigenvalue weighted by Gasteiger charge is 2.77. The van der Waals surface area contributed by atoms with Crippen LogP contribution in [0.15, 0.2) is 37.0 Å². The number of hydrogen-bond acceptors (Lipinski definition) is 12. The number of halogens is 16. The van der Waals surface area contributed by atoms with Crippen molar-refractivity contribution in [1.29, 1.82) is 0 Å². The molecule has 2 heterocycles. The molecular formula is C44H60F16N2O12. The standard InChI is InChI=1S/C23H33F8NO6.C9H8F8O2.C7H10O3.C5H9NO/c1-7-13(15(33)32(5)6)8-20(4,11-19(2,3)17(34)37-10-14-9-36-14)18(35)38-12-21(26,27)23(30,31)22(28,29)16(24)25;1-4(2)5(18)19-3-7(12,13)9(16,17)8(14,15)6(10)11;1-5(2)7(8)10-4-6-3-9-6;1-4-5(7)6(2)3/h13-14,16H,7-12H2,1-6H3;6H,1,3H2,2H3;6H,1,3-4H2,2H3;4H,1H2,2-3H3. The molecule has 4 atom stereocenters. The largest absolute Gasteiger partial charge is 0.462 e. The Balaban J connectivity index is 0. The summed E-state index contributed by atoms with van der Waals surface area (Å²) in [7, 11) is 6.19. The number of hydrogen-bond donors (Lipinski definition) is 0. The van der Waals surface area contributed by atoms with Gasteiger partial charge in [0.25, 0.3) is 0 Å². The van der Waals surface area contributed by atoms with Crippen LogP contribution >= 0.6 is 0 Å². The number of ether oxygens (including phenoxy) is 6. The van der Waals surface area contributed by atoms with E-state index in [1.807, 2.05) is 0 Å². The zero-order valence-electron chi connectivity index (χ0n) is 41.8. The van der Waals surface area contributed by atoms with Crippen LogP contribution in [0.5, 0.6) is 0 Å². The van der Waals surface area contributed by atoms with Crippen LogP contribution in [0.4, 0.5) is 70.2 Å². The van der Waals surface area contributed by atoms with Crippen LogP contribution in [0.2, 0.25) is 0 Å². The van der Waals surface area contributed by atoms with E-state index in [0.717, 1.165) is 13.8 Å². The normalized spacial score (nSPS) is 16.9. The van der Waals surface area contributed by atoms with Crippen LogP contribution in [-0.4, -0.2) is 174 Å². The van der Waals surface area contributed by atoms with Gasteiger partial charge in [-0.3, -0.25) is 19.2 Å². The predicted molar refractivity (Wildman–Crippen MR) is 227 cm³/mol. The molecule has 0 aromatic rings. The summed E-state index contributed by atoms with van der Waals surface area (Å²) in [5.41, 5.74) is -3.50. The van der Waals surface area contributed by atoms with Crippen molar-refractivity contribution in [3.05, 3.63) is 37.0 Å². The monoisotopic (exact) mass is 1110 g/mol. The zero-order chi connectivity index (χ0) is 59.0. The van der Waals surface area contributed by atoms with E-state index in [-0.39, 0.29) is 37.1 Å². The van der Waals surface area contributed by atoms with E-state index in [0.29, 0.717) is 25.4 Å². The molecule has 4 unspecified atom stereocenters. The molecule has 0 radical (unpaired) electrons. The minimum Gasteiger partial charge on any atom is -0.462 e. The van der Waals surface area contributed by atoms with Gasteiger partial charge in [0.1, 0.15) is 25.4 Å². The molecular weight excluding hydrogens is 1050 g/mol. The maximum absolute atomic E-state index is 14.0. The van der Waals surface area contributed by atoms with E-state index in [2.05, 4.69) is 29.2 Å². The molecule has 0 saturated carbocycles. The summed E-state index contributed by atoms with van der Waals surface area (Å²) in [4.78, 5) is 72.6. The second-order valence-electron chi connectivity index (χ2n) is 17.8. The number of amides is 2. The number of rotatable bonds is 25. The van der Waals surface area contributed by atoms with Crippen molar-refractivity contribution in [3.63, 3.8) is 0 Å². The molecule has 2 aliphatic heterocycles. The Bertz CT molecular complexity index is 1940. The summed E-state index contributed by atoms with van der Waals surface area (Å²) in [6.07, 6.45) is -9.78. The molecule has 0 spiro atoms. The zero-order valence-corrected chi connectivity index (χ0v) is 41.8. The predicted octanol–water partition coefficient (Wildman–Crippen LogP) is 8.61. The van der Waals surface area contributed by atoms with Crippen molar-refractivity contribution in [1.82, 2.24) is 9.80 Å². The van der Waals surface area contributed by atoms with Gasteiger partial charge in [-0.1, -0.05) is 26.7 Å². The van der Waals surface area contributed by atoms with E-state index in [1.165, 1.54) is 43.8 Å². The lowest BCUT2D eigenvalue weighted by atomic mass is 9.69. The maximum Gasteiger partial charge on any atom is 0.381 e. The van der Waals surface area contributed by atoms with Gasteiger partial charge in [-0.2, -0.15) is 52.7 Å². The Morgan fingerprint density at radius 2 is 0.986 bits per heavy atom. The van der Waals surface area contributed by atoms with Crippen molar-refractivity contribution in [3.8, 4) is 0 Å². The van der Waals surface area contributed by atoms with Crippen LogP contribution in [0.3, 0.4) is 0 Å². The molecule has 30 heteroatoms. The molecule has 0 aromatic carbocycles. The van der Waals surface area contributed by atoms with Crippen molar-refractivity contribution in [2.45, 2.75) is 121 Å². The summed E-state index contributed by atoms with van der Waals surface area (Å²) in [6.45, 7) is 13.9. The minimum atomic E-state index is -6.56. The fraction of sp³-hybridized carbons (Fsp3) is 0.727. The highest BCUT2D eigenvalue weighted by atomic mass is 19.4. The van der Waals surface area contributed by atoms with Gasteiger partial charge in [-0.05, 0) is 60.0 Å². The molecule has 2 fully saturated rings. The Kier molecular flexibility index (Phi) is 26.9. The number of alkyl halides is 16. The molecule has 430 valence electrons. The van der Waals surface area contributed by atoms with Gasteiger partial charge in [0.05, 0.1) is 24.0 Å². The van der Waals surface area contributed by atoms with Gasteiger partial charge in [0, 0.05) is 45.3 Å². The van der Waals surface area contributed by atoms with Crippen LogP contribution in [0, 0.1) is 16.7 Å². The van der Waals surface area contributed by atoms with E-state index >= 15 is 0 Å². The summed E-state index contributed by atoms with van der Waals surface area (Å²) in [5, 5.41) is 0. The highest BCUT2D eigenvalue weighted by Crippen LogP contribution is 2.50. The number of carbonyl (C=O) groups excluding carboxylic acids is 6. The first-order valence-corrected chi connectivity index (χ1v) is 21.3. The third-order valence-electron chi connectivity index (χ3n) is 9.85. The van der Waals surface area contributed by atoms with Gasteiger partial charge in [0.2, 0.25) is 11.8 Å². The number of likely N-dealkylation sites (N-methyl/N-ethyl adjacent to an activating group) is 1. The number of nitrogens with zero attached hydrogens (tertiary/aromatic N) is 2. The lowest BCUT2D eigenvalue weighted by Crippen LogP contribution is -2.59. The molecule has 2 rings (SSSR count). The molecule has 2 aliphatic rings. The van der Waals surface area contributed by atoms with Gasteiger partial charge >= 0.3 is 72.3 Å². The van der Waals surface area contributed by atoms with Crippen LogP contribution in [0.25, 0.3) is 0 Å². The van der Waals surface area contributed by atoms with Crippen molar-refractivity contribution >= 4 is 35.7 Å². The van der Waals surface area contributed by atoms with E-state index < -0.39 is 121 Å². The van der Waals surface area contributed by atoms with E-state index in [9.17, 15) is 99.0 Å². The van der Waals surface area contributed by atoms with Crippen LogP contribution in [0.1, 0.15) is 60.8 Å². The van der Waals surface area contributed by atoms with E-state index in [4.69, 9.17) is 18.9 Å². The fourth-order valence-corrected chi connectivity index (χ4v) is 5.31. The second-order valence-corrected chi connectivity index (χ2v) is 17.8. The first-order chi connectivity index (χ1) is 33.2. The van der Waals surface area contributed by atoms with Gasteiger partial charge in [-0.15, -0.1) is 0 Å². The first-order valence-electron chi connectivity index (χ1n) is 21.3. The number of esters is 4. The van der Waals surface area contributed by atoms with E-state index in [1.54, 1.807) is 27.9 Å². The van der Waals surface area contributed by atoms with Crippen LogP contribution < -0.4 is 0 Å². The Labute approximate surface area is 415 Å². The lowest BCUT2D eigenvalue weighted by molar-refractivity contribution is -0.344. The minimum absolute atomic E-state index is 0.0556. The maximum atomic E-state index is 14.0. The highest BCUT2D eigenvalue weighted by molar-refractivity contribution is 5.87. The van der Waals surface area contributed by atoms with Crippen molar-refractivity contribution in [2.75, 3.05) is 67.8 Å². The second kappa shape index (κ2) is 28.1. The molecule has 0 aliphatic carbocycles. The molecule has 2 saturated heterocycles. The summed E-state index contributed by atoms with van der Waals surface area (Å²) >= 11 is 0. The smallest absolute Gasteiger partial charge is 0.381 e. The molecule has 14 nitrogen and oxygen atoms in total. The van der Waals surface area contributed by atoms with Crippen molar-refractivity contribution in [2.24, 2.45) is 16.7 Å². The summed E-state index contributed by atoms with van der Waals surface area (Å²) in [6, 6.07) is 0. The fourth-order valence-electron chi connectivity index (χ4n) is 5.31. The summed E-state index contributed by atoms with van der Waals surface area (Å²) < 4.78 is 233. The first kappa shape index (κ1) is 70.9. The molecule has 0 bridgehead atoms. The Morgan fingerprint density at radius 3 is 1.28 bits per heavy atom. The molecule has 74 heavy (non-hydrogen) atoms. The average Bonchev–Trinajstić information content (AvgIpc) is 4.23. The Morgan fingerprint density at radius 1 is 0.622 bits per heavy atom. The number of epoxide rings is 2. The average molecular weight is 1110 g/mol. The quantitative estimate of drug-likeness (QED) is 0.0281. The third-order valence-corrected chi connectivity index (χ3v) is 9.85. The van der Waals surface area contributed by atoms with Crippen LogP contribution in [-0.2, 0) is 57.2 Å². The van der Waals surface area contributed by atoms with Gasteiger partial charge < -0.3 is 38.2 Å². The van der Waals surface area contributed by atoms with Crippen molar-refractivity contribution < 1.29 is 127 Å². The number of carbonyl (C=O) groups is 6. The topological polar surface area (TPSA) is 171 Å². The Hall–Kier alpha value is -5.16. The summed E-state index contributed by atoms with van der Waals surface area (Å²) in [5.74, 6) is -43.0.